The van der Waals surface area contributed by atoms with Crippen molar-refractivity contribution in [3.8, 4) is 5.75 Å². The minimum Gasteiger partial charge on any atom is -0.406 e. The number of nitrogens with zero attached hydrogens (tertiary/aromatic N) is 2. The minimum absolute atomic E-state index is 0.131. The molecule has 1 aliphatic heterocycles. The van der Waals surface area contributed by atoms with Crippen LogP contribution in [0.5, 0.6) is 5.75 Å². The van der Waals surface area contributed by atoms with Gasteiger partial charge in [-0.05, 0) is 36.8 Å². The quantitative estimate of drug-likeness (QED) is 0.754. The molecule has 2 heterocycles. The van der Waals surface area contributed by atoms with Crippen LogP contribution in [-0.2, 0) is 9.84 Å². The average molecular weight is 431 g/mol. The number of likely N-dealkylation sites (tertiary alicyclic amines) is 1. The van der Waals surface area contributed by atoms with Crippen molar-refractivity contribution in [2.75, 3.05) is 18.8 Å². The van der Waals surface area contributed by atoms with E-state index in [1.807, 2.05) is 0 Å². The number of nitrogens with two attached hydrogens (primary N) is 1. The van der Waals surface area contributed by atoms with Crippen LogP contribution in [0.2, 0.25) is 0 Å². The first-order chi connectivity index (χ1) is 13.5. The van der Waals surface area contributed by atoms with Crippen molar-refractivity contribution in [3.63, 3.8) is 0 Å². The van der Waals surface area contributed by atoms with Gasteiger partial charge in [0.1, 0.15) is 5.75 Å². The van der Waals surface area contributed by atoms with Crippen LogP contribution >= 0.6 is 0 Å². The predicted octanol–water partition coefficient (Wildman–Crippen LogP) is 1.60. The van der Waals surface area contributed by atoms with E-state index in [0.717, 1.165) is 36.5 Å². The van der Waals surface area contributed by atoms with Crippen LogP contribution in [0.3, 0.4) is 0 Å². The zero-order chi connectivity index (χ0) is 21.4. The summed E-state index contributed by atoms with van der Waals surface area (Å²) in [4.78, 5) is 17.0. The lowest BCUT2D eigenvalue weighted by Crippen LogP contribution is -2.31. The maximum absolute atomic E-state index is 12.7. The van der Waals surface area contributed by atoms with Crippen molar-refractivity contribution in [2.24, 2.45) is 0 Å². The van der Waals surface area contributed by atoms with Gasteiger partial charge in [-0.1, -0.05) is 0 Å². The van der Waals surface area contributed by atoms with Crippen LogP contribution in [0.1, 0.15) is 16.9 Å². The monoisotopic (exact) mass is 431 g/mol. The number of aliphatic hydroxyl groups is 1. The number of alkyl halides is 3. The summed E-state index contributed by atoms with van der Waals surface area (Å²) in [6.45, 7) is 0.458. The number of pyridine rings is 1. The second-order valence-electron chi connectivity index (χ2n) is 6.33. The van der Waals surface area contributed by atoms with Crippen LogP contribution in [0.4, 0.5) is 18.9 Å². The van der Waals surface area contributed by atoms with Gasteiger partial charge in [-0.15, -0.1) is 13.2 Å². The number of hydrogen-bond donors (Lipinski definition) is 2. The summed E-state index contributed by atoms with van der Waals surface area (Å²) in [5.74, 6) is -1.10. The molecule has 1 aromatic carbocycles. The molecule has 3 rings (SSSR count). The van der Waals surface area contributed by atoms with Gasteiger partial charge in [0.25, 0.3) is 5.91 Å². The number of nitrogen functional groups attached to an aromatic ring is 1. The zero-order valence-electron chi connectivity index (χ0n) is 14.8. The number of benzene rings is 1. The van der Waals surface area contributed by atoms with E-state index in [4.69, 9.17) is 5.73 Å². The number of halogens is 3. The summed E-state index contributed by atoms with van der Waals surface area (Å²) in [6, 6.07) is 4.71. The number of anilines is 1. The molecular formula is C17H16F3N3O5S. The molecule has 1 aliphatic rings. The second kappa shape index (κ2) is 7.52. The van der Waals surface area contributed by atoms with E-state index in [2.05, 4.69) is 9.72 Å². The molecule has 1 amide bonds. The molecular weight excluding hydrogens is 415 g/mol. The van der Waals surface area contributed by atoms with Gasteiger partial charge in [0.2, 0.25) is 9.84 Å². The first kappa shape index (κ1) is 20.9. The van der Waals surface area contributed by atoms with Crippen molar-refractivity contribution >= 4 is 21.4 Å². The molecule has 8 nitrogen and oxygen atoms in total. The van der Waals surface area contributed by atoms with Crippen molar-refractivity contribution in [2.45, 2.75) is 28.7 Å². The Hall–Kier alpha value is -2.86. The third kappa shape index (κ3) is 4.59. The summed E-state index contributed by atoms with van der Waals surface area (Å²) >= 11 is 0. The number of aromatic nitrogens is 1. The van der Waals surface area contributed by atoms with Gasteiger partial charge in [-0.2, -0.15) is 0 Å². The molecule has 1 aromatic heterocycles. The number of sulfone groups is 1. The van der Waals surface area contributed by atoms with Crippen LogP contribution in [0.15, 0.2) is 46.3 Å². The van der Waals surface area contributed by atoms with Gasteiger partial charge in [-0.25, -0.2) is 13.4 Å². The molecule has 29 heavy (non-hydrogen) atoms. The summed E-state index contributed by atoms with van der Waals surface area (Å²) < 4.78 is 65.7. The highest BCUT2D eigenvalue weighted by molar-refractivity contribution is 7.91. The van der Waals surface area contributed by atoms with E-state index in [1.54, 1.807) is 0 Å². The topological polar surface area (TPSA) is 123 Å². The van der Waals surface area contributed by atoms with Crippen molar-refractivity contribution in [3.05, 3.63) is 42.2 Å². The Labute approximate surface area is 163 Å². The highest BCUT2D eigenvalue weighted by Gasteiger charge is 2.31. The number of aliphatic hydroxyl groups excluding tert-OH is 1. The Morgan fingerprint density at radius 3 is 2.41 bits per heavy atom. The number of hydrogen-bond acceptors (Lipinski definition) is 7. The summed E-state index contributed by atoms with van der Waals surface area (Å²) in [7, 11) is -4.14. The van der Waals surface area contributed by atoms with Gasteiger partial charge in [0.05, 0.1) is 21.6 Å². The lowest BCUT2D eigenvalue weighted by molar-refractivity contribution is -0.274. The van der Waals surface area contributed by atoms with Gasteiger partial charge in [0, 0.05) is 19.3 Å². The smallest absolute Gasteiger partial charge is 0.406 e. The molecule has 156 valence electrons. The lowest BCUT2D eigenvalue weighted by atomic mass is 10.2. The number of carbonyl (C=O) groups is 1. The maximum Gasteiger partial charge on any atom is 0.573 e. The first-order valence-electron chi connectivity index (χ1n) is 8.31. The SMILES string of the molecule is Nc1cc(S(=O)(=O)c2ccc(OC(F)(F)F)cc2)cnc1C(=O)N1CCC(O)C1. The number of rotatable bonds is 4. The fourth-order valence-corrected chi connectivity index (χ4v) is 4.06. The molecule has 1 unspecified atom stereocenters. The van der Waals surface area contributed by atoms with Crippen LogP contribution in [0.25, 0.3) is 0 Å². The highest BCUT2D eigenvalue weighted by Crippen LogP contribution is 2.28. The molecule has 3 N–H and O–H groups in total. The van der Waals surface area contributed by atoms with E-state index in [-0.39, 0.29) is 27.7 Å². The fraction of sp³-hybridized carbons (Fsp3) is 0.294. The van der Waals surface area contributed by atoms with E-state index in [9.17, 15) is 31.5 Å². The molecule has 1 atom stereocenters. The molecule has 0 spiro atoms. The number of ether oxygens (including phenoxy) is 1. The number of amides is 1. The standard InChI is InChI=1S/C17H16F3N3O5S/c18-17(19,20)28-11-1-3-12(4-2-11)29(26,27)13-7-14(21)15(22-8-13)16(25)23-6-5-10(24)9-23/h1-4,7-8,10,24H,5-6,9,21H2. The molecule has 1 fully saturated rings. The fourth-order valence-electron chi connectivity index (χ4n) is 2.82. The Kier molecular flexibility index (Phi) is 5.41. The van der Waals surface area contributed by atoms with E-state index in [0.29, 0.717) is 13.0 Å². The molecule has 0 saturated carbocycles. The number of β-amino-alcohol motifs (C(OH)–C–C–N with tert-alkyl or cyclic N) is 1. The third-order valence-corrected chi connectivity index (χ3v) is 5.96. The molecule has 0 aliphatic carbocycles. The first-order valence-corrected chi connectivity index (χ1v) is 9.79. The van der Waals surface area contributed by atoms with E-state index >= 15 is 0 Å². The van der Waals surface area contributed by atoms with Crippen LogP contribution in [0, 0.1) is 0 Å². The van der Waals surface area contributed by atoms with Crippen LogP contribution in [-0.4, -0.2) is 54.9 Å². The van der Waals surface area contributed by atoms with Crippen molar-refractivity contribution in [1.82, 2.24) is 9.88 Å². The molecule has 0 bridgehead atoms. The molecule has 2 aromatic rings. The highest BCUT2D eigenvalue weighted by atomic mass is 32.2. The maximum atomic E-state index is 12.7. The normalized spacial score (nSPS) is 17.4. The largest absolute Gasteiger partial charge is 0.573 e. The van der Waals surface area contributed by atoms with Gasteiger partial charge >= 0.3 is 6.36 Å². The minimum atomic E-state index is -4.90. The Morgan fingerprint density at radius 2 is 1.90 bits per heavy atom. The lowest BCUT2D eigenvalue weighted by Gasteiger charge is -2.16. The van der Waals surface area contributed by atoms with Crippen molar-refractivity contribution < 1.29 is 36.2 Å². The van der Waals surface area contributed by atoms with E-state index in [1.165, 1.54) is 4.90 Å². The van der Waals surface area contributed by atoms with Crippen molar-refractivity contribution in [1.29, 1.82) is 0 Å². The average Bonchev–Trinajstić information content (AvgIpc) is 3.06. The van der Waals surface area contributed by atoms with E-state index < -0.39 is 34.0 Å². The molecule has 1 saturated heterocycles. The summed E-state index contributed by atoms with van der Waals surface area (Å²) in [5, 5.41) is 9.53. The Morgan fingerprint density at radius 1 is 1.24 bits per heavy atom. The summed E-state index contributed by atoms with van der Waals surface area (Å²) in [6.07, 6.45) is -4.16. The zero-order valence-corrected chi connectivity index (χ0v) is 15.6. The predicted molar refractivity (Wildman–Crippen MR) is 93.8 cm³/mol. The van der Waals surface area contributed by atoms with Gasteiger partial charge < -0.3 is 20.5 Å². The Bertz CT molecular complexity index is 1030. The molecule has 0 radical (unpaired) electrons. The van der Waals surface area contributed by atoms with Gasteiger partial charge in [0.15, 0.2) is 5.69 Å². The third-order valence-electron chi connectivity index (χ3n) is 4.22. The molecule has 12 heteroatoms. The Balaban J connectivity index is 1.84. The van der Waals surface area contributed by atoms with Gasteiger partial charge in [-0.3, -0.25) is 4.79 Å². The second-order valence-corrected chi connectivity index (χ2v) is 8.27. The summed E-state index contributed by atoms with van der Waals surface area (Å²) in [5.41, 5.74) is 5.49. The van der Waals surface area contributed by atoms with Crippen LogP contribution < -0.4 is 10.5 Å². The number of carbonyl (C=O) groups excluding carboxylic acids is 1.